The summed E-state index contributed by atoms with van der Waals surface area (Å²) in [5.41, 5.74) is 6.44. The lowest BCUT2D eigenvalue weighted by Crippen LogP contribution is -2.16. The number of hydrogen-bond donors (Lipinski definition) is 2. The van der Waals surface area contributed by atoms with E-state index in [2.05, 4.69) is 22.2 Å². The maximum atomic E-state index is 5.46. The zero-order valence-corrected chi connectivity index (χ0v) is 8.83. The highest BCUT2D eigenvalue weighted by molar-refractivity contribution is 5.24. The number of anilines is 1. The SMILES string of the molecule is Cc1ccnc(NCC(C)CCN)n1. The van der Waals surface area contributed by atoms with Crippen molar-refractivity contribution in [3.05, 3.63) is 18.0 Å². The van der Waals surface area contributed by atoms with E-state index in [1.807, 2.05) is 13.0 Å². The van der Waals surface area contributed by atoms with E-state index in [1.54, 1.807) is 6.20 Å². The third kappa shape index (κ3) is 3.70. The van der Waals surface area contributed by atoms with Crippen molar-refractivity contribution in [3.63, 3.8) is 0 Å². The first kappa shape index (κ1) is 10.9. The third-order valence-electron chi connectivity index (χ3n) is 2.06. The molecule has 3 N–H and O–H groups in total. The number of nitrogens with one attached hydrogen (secondary N) is 1. The minimum atomic E-state index is 0.559. The van der Waals surface area contributed by atoms with Crippen LogP contribution in [0.2, 0.25) is 0 Å². The molecule has 0 amide bonds. The van der Waals surface area contributed by atoms with E-state index in [9.17, 15) is 0 Å². The molecule has 1 unspecified atom stereocenters. The van der Waals surface area contributed by atoms with Crippen LogP contribution in [0.25, 0.3) is 0 Å². The Morgan fingerprint density at radius 1 is 1.57 bits per heavy atom. The van der Waals surface area contributed by atoms with Gasteiger partial charge in [0.25, 0.3) is 0 Å². The maximum absolute atomic E-state index is 5.46. The Kier molecular flexibility index (Phi) is 4.32. The molecular weight excluding hydrogens is 176 g/mol. The Bertz CT molecular complexity index is 275. The molecule has 1 heterocycles. The molecule has 0 spiro atoms. The first-order valence-corrected chi connectivity index (χ1v) is 4.96. The fraction of sp³-hybridized carbons (Fsp3) is 0.600. The Morgan fingerprint density at radius 2 is 2.36 bits per heavy atom. The Labute approximate surface area is 85.0 Å². The van der Waals surface area contributed by atoms with Crippen LogP contribution in [0.5, 0.6) is 0 Å². The summed E-state index contributed by atoms with van der Waals surface area (Å²) in [6.45, 7) is 5.73. The van der Waals surface area contributed by atoms with Crippen molar-refractivity contribution < 1.29 is 0 Å². The fourth-order valence-electron chi connectivity index (χ4n) is 1.19. The third-order valence-corrected chi connectivity index (χ3v) is 2.06. The molecule has 0 saturated carbocycles. The van der Waals surface area contributed by atoms with E-state index in [-0.39, 0.29) is 0 Å². The van der Waals surface area contributed by atoms with Crippen LogP contribution < -0.4 is 11.1 Å². The highest BCUT2D eigenvalue weighted by Gasteiger charge is 2.01. The van der Waals surface area contributed by atoms with Gasteiger partial charge in [0.15, 0.2) is 0 Å². The first-order valence-electron chi connectivity index (χ1n) is 4.96. The molecule has 14 heavy (non-hydrogen) atoms. The number of aromatic nitrogens is 2. The van der Waals surface area contributed by atoms with Crippen LogP contribution in [-0.4, -0.2) is 23.1 Å². The summed E-state index contributed by atoms with van der Waals surface area (Å²) in [4.78, 5) is 8.37. The molecule has 4 heteroatoms. The Hall–Kier alpha value is -1.16. The van der Waals surface area contributed by atoms with Gasteiger partial charge in [0, 0.05) is 18.4 Å². The van der Waals surface area contributed by atoms with Crippen molar-refractivity contribution in [2.45, 2.75) is 20.3 Å². The average Bonchev–Trinajstić information content (AvgIpc) is 2.15. The number of rotatable bonds is 5. The van der Waals surface area contributed by atoms with Gasteiger partial charge in [-0.05, 0) is 31.9 Å². The molecule has 78 valence electrons. The van der Waals surface area contributed by atoms with Crippen LogP contribution in [0, 0.1) is 12.8 Å². The van der Waals surface area contributed by atoms with Gasteiger partial charge in [0.05, 0.1) is 0 Å². The van der Waals surface area contributed by atoms with Crippen LogP contribution in [0.15, 0.2) is 12.3 Å². The standard InChI is InChI=1S/C10H18N4/c1-8(3-5-11)7-13-10-12-6-4-9(2)14-10/h4,6,8H,3,5,7,11H2,1-2H3,(H,12,13,14). The molecule has 0 bridgehead atoms. The van der Waals surface area contributed by atoms with Gasteiger partial charge in [-0.15, -0.1) is 0 Å². The van der Waals surface area contributed by atoms with Gasteiger partial charge in [0.2, 0.25) is 5.95 Å². The largest absolute Gasteiger partial charge is 0.354 e. The second kappa shape index (κ2) is 5.54. The van der Waals surface area contributed by atoms with Crippen LogP contribution in [0.1, 0.15) is 19.0 Å². The first-order chi connectivity index (χ1) is 6.72. The maximum Gasteiger partial charge on any atom is 0.222 e. The quantitative estimate of drug-likeness (QED) is 0.739. The van der Waals surface area contributed by atoms with Crippen molar-refractivity contribution in [1.29, 1.82) is 0 Å². The number of hydrogen-bond acceptors (Lipinski definition) is 4. The fourth-order valence-corrected chi connectivity index (χ4v) is 1.19. The molecule has 4 nitrogen and oxygen atoms in total. The van der Waals surface area contributed by atoms with E-state index in [1.165, 1.54) is 0 Å². The van der Waals surface area contributed by atoms with Gasteiger partial charge in [0.1, 0.15) is 0 Å². The van der Waals surface area contributed by atoms with E-state index < -0.39 is 0 Å². The molecule has 0 saturated heterocycles. The normalized spacial score (nSPS) is 12.5. The second-order valence-corrected chi connectivity index (χ2v) is 3.59. The predicted octanol–water partition coefficient (Wildman–Crippen LogP) is 1.18. The lowest BCUT2D eigenvalue weighted by molar-refractivity contribution is 0.566. The lowest BCUT2D eigenvalue weighted by atomic mass is 10.1. The summed E-state index contributed by atoms with van der Waals surface area (Å²) in [5, 5.41) is 3.19. The second-order valence-electron chi connectivity index (χ2n) is 3.59. The minimum absolute atomic E-state index is 0.559. The molecule has 1 atom stereocenters. The van der Waals surface area contributed by atoms with Gasteiger partial charge in [-0.25, -0.2) is 9.97 Å². The molecule has 0 aliphatic heterocycles. The average molecular weight is 194 g/mol. The summed E-state index contributed by atoms with van der Waals surface area (Å²) in [5.74, 6) is 1.26. The predicted molar refractivity (Wildman–Crippen MR) is 58.1 cm³/mol. The van der Waals surface area contributed by atoms with Gasteiger partial charge in [-0.3, -0.25) is 0 Å². The molecule has 1 rings (SSSR count). The molecule has 1 aromatic heterocycles. The molecule has 0 aliphatic rings. The van der Waals surface area contributed by atoms with Crippen molar-refractivity contribution in [3.8, 4) is 0 Å². The van der Waals surface area contributed by atoms with Crippen molar-refractivity contribution in [2.75, 3.05) is 18.4 Å². The van der Waals surface area contributed by atoms with E-state index in [0.29, 0.717) is 11.9 Å². The van der Waals surface area contributed by atoms with Crippen LogP contribution in [0.4, 0.5) is 5.95 Å². The molecular formula is C10H18N4. The molecule has 0 fully saturated rings. The minimum Gasteiger partial charge on any atom is -0.354 e. The van der Waals surface area contributed by atoms with Gasteiger partial charge < -0.3 is 11.1 Å². The lowest BCUT2D eigenvalue weighted by Gasteiger charge is -2.10. The van der Waals surface area contributed by atoms with Crippen molar-refractivity contribution >= 4 is 5.95 Å². The molecule has 0 aliphatic carbocycles. The number of nitrogens with two attached hydrogens (primary N) is 1. The van der Waals surface area contributed by atoms with Crippen LogP contribution >= 0.6 is 0 Å². The smallest absolute Gasteiger partial charge is 0.222 e. The number of aryl methyl sites for hydroxylation is 1. The van der Waals surface area contributed by atoms with Crippen molar-refractivity contribution in [1.82, 2.24) is 9.97 Å². The van der Waals surface area contributed by atoms with Gasteiger partial charge in [-0.1, -0.05) is 6.92 Å². The monoisotopic (exact) mass is 194 g/mol. The molecule has 0 radical (unpaired) electrons. The Morgan fingerprint density at radius 3 is 3.00 bits per heavy atom. The summed E-state index contributed by atoms with van der Waals surface area (Å²) in [6, 6.07) is 1.88. The van der Waals surface area contributed by atoms with E-state index in [4.69, 9.17) is 5.73 Å². The zero-order valence-electron chi connectivity index (χ0n) is 8.83. The van der Waals surface area contributed by atoms with Crippen molar-refractivity contribution in [2.24, 2.45) is 11.7 Å². The highest BCUT2D eigenvalue weighted by Crippen LogP contribution is 2.03. The van der Waals surface area contributed by atoms with E-state index >= 15 is 0 Å². The molecule has 1 aromatic rings. The summed E-state index contributed by atoms with van der Waals surface area (Å²) in [6.07, 6.45) is 2.79. The van der Waals surface area contributed by atoms with Crippen LogP contribution in [-0.2, 0) is 0 Å². The van der Waals surface area contributed by atoms with Gasteiger partial charge >= 0.3 is 0 Å². The van der Waals surface area contributed by atoms with Crippen LogP contribution in [0.3, 0.4) is 0 Å². The summed E-state index contributed by atoms with van der Waals surface area (Å²) >= 11 is 0. The van der Waals surface area contributed by atoms with E-state index in [0.717, 1.165) is 25.2 Å². The van der Waals surface area contributed by atoms with Gasteiger partial charge in [-0.2, -0.15) is 0 Å². The Balaban J connectivity index is 2.37. The zero-order chi connectivity index (χ0) is 10.4. The molecule has 0 aromatic carbocycles. The topological polar surface area (TPSA) is 63.8 Å². The summed E-state index contributed by atoms with van der Waals surface area (Å²) < 4.78 is 0. The summed E-state index contributed by atoms with van der Waals surface area (Å²) in [7, 11) is 0. The number of nitrogens with zero attached hydrogens (tertiary/aromatic N) is 2. The highest BCUT2D eigenvalue weighted by atomic mass is 15.1.